The smallest absolute Gasteiger partial charge is 0.446 e. The first kappa shape index (κ1) is 19.6. The van der Waals surface area contributed by atoms with Crippen LogP contribution in [-0.2, 0) is 0 Å². The predicted molar refractivity (Wildman–Crippen MR) is 58.5 cm³/mol. The van der Waals surface area contributed by atoms with Gasteiger partial charge >= 0.3 is 18.9 Å². The van der Waals surface area contributed by atoms with Crippen molar-refractivity contribution < 1.29 is 18.9 Å². The molecular formula is C8H20BLiN2P. The first-order valence-corrected chi connectivity index (χ1v) is 5.29. The van der Waals surface area contributed by atoms with Crippen molar-refractivity contribution in [1.29, 1.82) is 0 Å². The minimum atomic E-state index is 0. The van der Waals surface area contributed by atoms with Crippen LogP contribution in [0.15, 0.2) is 0 Å². The summed E-state index contributed by atoms with van der Waals surface area (Å²) in [6.07, 6.45) is 0. The van der Waals surface area contributed by atoms with Gasteiger partial charge in [0.1, 0.15) is 0 Å². The molecule has 0 atom stereocenters. The van der Waals surface area contributed by atoms with E-state index in [-0.39, 0.29) is 27.3 Å². The van der Waals surface area contributed by atoms with E-state index in [0.717, 1.165) is 26.2 Å². The van der Waals surface area contributed by atoms with Gasteiger partial charge in [0.15, 0.2) is 0 Å². The van der Waals surface area contributed by atoms with E-state index in [9.17, 15) is 0 Å². The second-order valence-corrected chi connectivity index (χ2v) is 3.68. The molecule has 3 radical (unpaired) electrons. The number of hydrogen-bond acceptors (Lipinski definition) is 2. The molecule has 71 valence electrons. The van der Waals surface area contributed by atoms with Crippen molar-refractivity contribution in [2.24, 2.45) is 0 Å². The zero-order valence-corrected chi connectivity index (χ0v) is 10.6. The van der Waals surface area contributed by atoms with Gasteiger partial charge in [-0.3, -0.25) is 0 Å². The van der Waals surface area contributed by atoms with Crippen LogP contribution in [-0.4, -0.2) is 43.9 Å². The molecular weight excluding hydrogens is 173 g/mol. The molecule has 0 aliphatic rings. The van der Waals surface area contributed by atoms with Gasteiger partial charge in [0.2, 0.25) is 0 Å². The Labute approximate surface area is 99.5 Å². The van der Waals surface area contributed by atoms with Crippen LogP contribution in [0.5, 0.6) is 0 Å². The van der Waals surface area contributed by atoms with Crippen LogP contribution in [0.3, 0.4) is 0 Å². The molecule has 2 nitrogen and oxygen atoms in total. The largest absolute Gasteiger partial charge is 1.00 e. The standard InChI is InChI=1S/C8H20N2P.B.Li/c1-5-9(6-2)11-10(7-3)8-4;;/h5-8H2,1-4H3;;/q-1;;+1. The molecule has 0 saturated heterocycles. The van der Waals surface area contributed by atoms with Crippen LogP contribution in [0.25, 0.3) is 0 Å². The average Bonchev–Trinajstić information content (AvgIpc) is 2.07. The molecule has 0 unspecified atom stereocenters. The maximum atomic E-state index is 2.41. The van der Waals surface area contributed by atoms with E-state index in [4.69, 9.17) is 0 Å². The molecule has 0 rings (SSSR count). The van der Waals surface area contributed by atoms with Crippen LogP contribution in [0.1, 0.15) is 27.7 Å². The molecule has 0 bridgehead atoms. The fourth-order valence-corrected chi connectivity index (χ4v) is 1.74. The Bertz CT molecular complexity index is 80.2. The normalized spacial score (nSPS) is 9.69. The Morgan fingerprint density at radius 2 is 1.00 bits per heavy atom. The number of rotatable bonds is 6. The second kappa shape index (κ2) is 13.0. The van der Waals surface area contributed by atoms with Gasteiger partial charge in [0, 0.05) is 8.41 Å². The third-order valence-corrected chi connectivity index (χ3v) is 3.35. The third-order valence-electron chi connectivity index (χ3n) is 1.71. The topological polar surface area (TPSA) is 6.48 Å². The Balaban J connectivity index is -0.000000500. The molecule has 0 heterocycles. The van der Waals surface area contributed by atoms with Crippen LogP contribution >= 0.6 is 8.88 Å². The number of hydrogen-bond donors (Lipinski definition) is 0. The molecule has 0 amide bonds. The quantitative estimate of drug-likeness (QED) is 0.397. The van der Waals surface area contributed by atoms with Gasteiger partial charge in [-0.2, -0.15) is 0 Å². The molecule has 0 N–H and O–H groups in total. The van der Waals surface area contributed by atoms with E-state index in [0.29, 0.717) is 0 Å². The summed E-state index contributed by atoms with van der Waals surface area (Å²) in [5.74, 6) is 0. The van der Waals surface area contributed by atoms with Crippen LogP contribution in [0.2, 0.25) is 0 Å². The molecule has 0 fully saturated rings. The first-order chi connectivity index (χ1) is 5.28. The first-order valence-electron chi connectivity index (χ1n) is 4.49. The number of nitrogens with zero attached hydrogens (tertiary/aromatic N) is 2. The van der Waals surface area contributed by atoms with Gasteiger partial charge in [0.25, 0.3) is 0 Å². The van der Waals surface area contributed by atoms with Gasteiger partial charge in [-0.1, -0.05) is 27.7 Å². The minimum Gasteiger partial charge on any atom is -0.446 e. The van der Waals surface area contributed by atoms with Crippen molar-refractivity contribution in [3.05, 3.63) is 0 Å². The summed E-state index contributed by atoms with van der Waals surface area (Å²) in [5.41, 5.74) is 0. The second-order valence-electron chi connectivity index (χ2n) is 2.37. The van der Waals surface area contributed by atoms with Gasteiger partial charge in [0.05, 0.1) is 0 Å². The molecule has 0 aliphatic heterocycles. The summed E-state index contributed by atoms with van der Waals surface area (Å²) < 4.78 is 4.82. The fraction of sp³-hybridized carbons (Fsp3) is 1.00. The summed E-state index contributed by atoms with van der Waals surface area (Å²) in [6, 6.07) is 0. The van der Waals surface area contributed by atoms with Gasteiger partial charge in [-0.05, 0) is 26.2 Å². The van der Waals surface area contributed by atoms with Crippen molar-refractivity contribution in [2.75, 3.05) is 26.2 Å². The zero-order valence-electron chi connectivity index (χ0n) is 9.75. The molecule has 0 aromatic rings. The molecule has 0 saturated carbocycles. The molecule has 0 aromatic carbocycles. The SMILES string of the molecule is CCN(CC)[P-]N(CC)CC.[B].[Li+]. The predicted octanol–water partition coefficient (Wildman–Crippen LogP) is -0.931. The van der Waals surface area contributed by atoms with E-state index in [2.05, 4.69) is 37.0 Å². The third kappa shape index (κ3) is 9.32. The Morgan fingerprint density at radius 3 is 1.15 bits per heavy atom. The van der Waals surface area contributed by atoms with E-state index in [1.807, 2.05) is 0 Å². The maximum absolute atomic E-state index is 2.41. The Morgan fingerprint density at radius 1 is 0.769 bits per heavy atom. The van der Waals surface area contributed by atoms with Gasteiger partial charge in [-0.25, -0.2) is 0 Å². The molecule has 0 spiro atoms. The molecule has 0 aliphatic carbocycles. The van der Waals surface area contributed by atoms with E-state index >= 15 is 0 Å². The van der Waals surface area contributed by atoms with Crippen molar-refractivity contribution >= 4 is 17.3 Å². The van der Waals surface area contributed by atoms with Crippen molar-refractivity contribution in [1.82, 2.24) is 9.34 Å². The van der Waals surface area contributed by atoms with Crippen molar-refractivity contribution in [3.63, 3.8) is 0 Å². The fourth-order valence-electron chi connectivity index (χ4n) is 0.879. The maximum Gasteiger partial charge on any atom is 1.00 e. The monoisotopic (exact) mass is 193 g/mol. The summed E-state index contributed by atoms with van der Waals surface area (Å²) in [5, 5.41) is 0. The molecule has 13 heavy (non-hydrogen) atoms. The van der Waals surface area contributed by atoms with Crippen LogP contribution in [0, 0.1) is 0 Å². The molecule has 5 heteroatoms. The van der Waals surface area contributed by atoms with E-state index in [1.54, 1.807) is 0 Å². The van der Waals surface area contributed by atoms with E-state index < -0.39 is 0 Å². The van der Waals surface area contributed by atoms with Crippen molar-refractivity contribution in [2.45, 2.75) is 27.7 Å². The van der Waals surface area contributed by atoms with Gasteiger partial charge in [-0.15, -0.1) is 0 Å². The van der Waals surface area contributed by atoms with Crippen LogP contribution in [0.4, 0.5) is 0 Å². The summed E-state index contributed by atoms with van der Waals surface area (Å²) in [6.45, 7) is 13.4. The van der Waals surface area contributed by atoms with Crippen LogP contribution < -0.4 is 18.9 Å². The van der Waals surface area contributed by atoms with E-state index in [1.165, 1.54) is 8.88 Å². The summed E-state index contributed by atoms with van der Waals surface area (Å²) in [4.78, 5) is 0. The van der Waals surface area contributed by atoms with Crippen molar-refractivity contribution in [3.8, 4) is 0 Å². The van der Waals surface area contributed by atoms with Gasteiger partial charge < -0.3 is 18.2 Å². The Kier molecular flexibility index (Phi) is 19.6. The average molecular weight is 193 g/mol. The Hall–Kier alpha value is 1.01. The summed E-state index contributed by atoms with van der Waals surface area (Å²) >= 11 is 0. The zero-order chi connectivity index (χ0) is 8.69. The minimum absolute atomic E-state index is 0. The molecule has 0 aromatic heterocycles. The summed E-state index contributed by atoms with van der Waals surface area (Å²) in [7, 11) is 1.37.